The normalized spacial score (nSPS) is 25.5. The van der Waals surface area contributed by atoms with Gasteiger partial charge in [0.25, 0.3) is 0 Å². The largest absolute Gasteiger partial charge is 0.375 e. The Morgan fingerprint density at radius 2 is 2.05 bits per heavy atom. The van der Waals surface area contributed by atoms with Crippen molar-refractivity contribution in [1.82, 2.24) is 4.31 Å². The van der Waals surface area contributed by atoms with Crippen LogP contribution < -0.4 is 0 Å². The number of benzene rings is 1. The molecule has 1 aromatic rings. The first-order valence-electron chi connectivity index (χ1n) is 6.22. The first-order valence-corrected chi connectivity index (χ1v) is 8.45. The molecule has 1 aliphatic rings. The summed E-state index contributed by atoms with van der Waals surface area (Å²) < 4.78 is 33.3. The summed E-state index contributed by atoms with van der Waals surface area (Å²) in [5, 5.41) is 0. The predicted molar refractivity (Wildman–Crippen MR) is 77.6 cm³/mol. The van der Waals surface area contributed by atoms with Gasteiger partial charge in [0.05, 0.1) is 17.6 Å². The van der Waals surface area contributed by atoms with E-state index in [2.05, 4.69) is 15.9 Å². The molecule has 0 amide bonds. The molecule has 0 aliphatic carbocycles. The zero-order chi connectivity index (χ0) is 14.2. The van der Waals surface area contributed by atoms with E-state index in [0.717, 1.165) is 10.0 Å². The fourth-order valence-electron chi connectivity index (χ4n) is 2.19. The van der Waals surface area contributed by atoms with Crippen LogP contribution in [-0.2, 0) is 14.8 Å². The maximum atomic E-state index is 12.8. The Morgan fingerprint density at radius 1 is 1.37 bits per heavy atom. The van der Waals surface area contributed by atoms with Crippen LogP contribution in [0, 0.1) is 6.92 Å². The van der Waals surface area contributed by atoms with E-state index in [9.17, 15) is 8.42 Å². The topological polar surface area (TPSA) is 46.6 Å². The molecule has 1 heterocycles. The number of nitrogens with zero attached hydrogens (tertiary/aromatic N) is 1. The van der Waals surface area contributed by atoms with Gasteiger partial charge in [0, 0.05) is 17.1 Å². The molecule has 0 radical (unpaired) electrons. The van der Waals surface area contributed by atoms with Crippen LogP contribution in [0.2, 0.25) is 0 Å². The lowest BCUT2D eigenvalue weighted by Gasteiger charge is -2.36. The van der Waals surface area contributed by atoms with E-state index in [-0.39, 0.29) is 12.1 Å². The van der Waals surface area contributed by atoms with Gasteiger partial charge in [0.1, 0.15) is 0 Å². The van der Waals surface area contributed by atoms with Gasteiger partial charge in [-0.1, -0.05) is 22.0 Å². The first-order chi connectivity index (χ1) is 8.82. The molecular weight excluding hydrogens is 330 g/mol. The Balaban J connectivity index is 2.44. The highest BCUT2D eigenvalue weighted by Crippen LogP contribution is 2.27. The van der Waals surface area contributed by atoms with Gasteiger partial charge in [-0.3, -0.25) is 0 Å². The van der Waals surface area contributed by atoms with Crippen LogP contribution in [0.3, 0.4) is 0 Å². The molecular formula is C13H18BrNO3S. The lowest BCUT2D eigenvalue weighted by atomic mass is 10.2. The van der Waals surface area contributed by atoms with Crippen LogP contribution in [0.25, 0.3) is 0 Å². The van der Waals surface area contributed by atoms with Crippen molar-refractivity contribution in [3.63, 3.8) is 0 Å². The third kappa shape index (κ3) is 3.02. The molecule has 2 unspecified atom stereocenters. The average Bonchev–Trinajstić information content (AvgIpc) is 2.35. The highest BCUT2D eigenvalue weighted by atomic mass is 79.9. The number of hydrogen-bond donors (Lipinski definition) is 0. The fraction of sp³-hybridized carbons (Fsp3) is 0.538. The number of morpholine rings is 1. The molecule has 1 saturated heterocycles. The Labute approximate surface area is 122 Å². The molecule has 1 fully saturated rings. The first kappa shape index (κ1) is 15.0. The average molecular weight is 348 g/mol. The van der Waals surface area contributed by atoms with Crippen molar-refractivity contribution < 1.29 is 13.2 Å². The van der Waals surface area contributed by atoms with Crippen molar-refractivity contribution in [2.45, 2.75) is 37.8 Å². The summed E-state index contributed by atoms with van der Waals surface area (Å²) in [6.45, 7) is 6.41. The van der Waals surface area contributed by atoms with Crippen molar-refractivity contribution in [2.75, 3.05) is 13.2 Å². The van der Waals surface area contributed by atoms with E-state index in [1.54, 1.807) is 6.07 Å². The van der Waals surface area contributed by atoms with E-state index in [1.807, 2.05) is 32.9 Å². The quantitative estimate of drug-likeness (QED) is 0.825. The number of hydrogen-bond acceptors (Lipinski definition) is 3. The predicted octanol–water partition coefficient (Wildman–Crippen LogP) is 2.56. The summed E-state index contributed by atoms with van der Waals surface area (Å²) in [7, 11) is -3.47. The van der Waals surface area contributed by atoms with E-state index < -0.39 is 10.0 Å². The van der Waals surface area contributed by atoms with Crippen LogP contribution in [0.4, 0.5) is 0 Å². The molecule has 0 N–H and O–H groups in total. The summed E-state index contributed by atoms with van der Waals surface area (Å²) >= 11 is 3.33. The Bertz CT molecular complexity index is 573. The van der Waals surface area contributed by atoms with Crippen molar-refractivity contribution >= 4 is 26.0 Å². The van der Waals surface area contributed by atoms with Crippen molar-refractivity contribution in [3.05, 3.63) is 28.2 Å². The second-order valence-corrected chi connectivity index (χ2v) is 7.75. The third-order valence-electron chi connectivity index (χ3n) is 3.29. The molecule has 0 saturated carbocycles. The number of aryl methyl sites for hydroxylation is 1. The molecule has 6 heteroatoms. The Hall–Kier alpha value is -0.430. The maximum Gasteiger partial charge on any atom is 0.243 e. The number of ether oxygens (including phenoxy) is 1. The van der Waals surface area contributed by atoms with Gasteiger partial charge in [-0.25, -0.2) is 8.42 Å². The molecule has 0 bridgehead atoms. The minimum Gasteiger partial charge on any atom is -0.375 e. The van der Waals surface area contributed by atoms with Crippen molar-refractivity contribution in [2.24, 2.45) is 0 Å². The summed E-state index contributed by atoms with van der Waals surface area (Å²) in [5.41, 5.74) is 0.759. The van der Waals surface area contributed by atoms with E-state index in [4.69, 9.17) is 4.74 Å². The van der Waals surface area contributed by atoms with Crippen LogP contribution in [0.15, 0.2) is 27.6 Å². The number of halogens is 1. The minimum atomic E-state index is -3.47. The Kier molecular flexibility index (Phi) is 4.35. The van der Waals surface area contributed by atoms with E-state index in [0.29, 0.717) is 18.0 Å². The van der Waals surface area contributed by atoms with Gasteiger partial charge in [0.15, 0.2) is 0 Å². The summed E-state index contributed by atoms with van der Waals surface area (Å²) in [5.74, 6) is 0. The van der Waals surface area contributed by atoms with Gasteiger partial charge in [-0.05, 0) is 38.5 Å². The SMILES string of the molecule is Cc1ccc(Br)cc1S(=O)(=O)N1CC(C)OCC1C. The lowest BCUT2D eigenvalue weighted by molar-refractivity contribution is -0.0170. The molecule has 19 heavy (non-hydrogen) atoms. The monoisotopic (exact) mass is 347 g/mol. The van der Waals surface area contributed by atoms with Gasteiger partial charge >= 0.3 is 0 Å². The highest BCUT2D eigenvalue weighted by Gasteiger charge is 2.34. The molecule has 1 aromatic carbocycles. The number of sulfonamides is 1. The molecule has 4 nitrogen and oxygen atoms in total. The molecule has 0 spiro atoms. The van der Waals surface area contributed by atoms with Gasteiger partial charge in [-0.2, -0.15) is 4.31 Å². The maximum absolute atomic E-state index is 12.8. The summed E-state index contributed by atoms with van der Waals surface area (Å²) in [6, 6.07) is 5.18. The van der Waals surface area contributed by atoms with Crippen LogP contribution in [-0.4, -0.2) is 38.0 Å². The Morgan fingerprint density at radius 3 is 2.74 bits per heavy atom. The van der Waals surface area contributed by atoms with Crippen molar-refractivity contribution in [1.29, 1.82) is 0 Å². The van der Waals surface area contributed by atoms with Crippen LogP contribution >= 0.6 is 15.9 Å². The number of rotatable bonds is 2. The van der Waals surface area contributed by atoms with Crippen LogP contribution in [0.1, 0.15) is 19.4 Å². The van der Waals surface area contributed by atoms with E-state index in [1.165, 1.54) is 4.31 Å². The van der Waals surface area contributed by atoms with Gasteiger partial charge < -0.3 is 4.74 Å². The molecule has 2 rings (SSSR count). The standard InChI is InChI=1S/C13H18BrNO3S/c1-9-4-5-12(14)6-13(9)19(16,17)15-7-11(3)18-8-10(15)2/h4-6,10-11H,7-8H2,1-3H3. The second kappa shape index (κ2) is 5.52. The zero-order valence-electron chi connectivity index (χ0n) is 11.3. The van der Waals surface area contributed by atoms with E-state index >= 15 is 0 Å². The summed E-state index contributed by atoms with van der Waals surface area (Å²) in [6.07, 6.45) is -0.0709. The molecule has 106 valence electrons. The smallest absolute Gasteiger partial charge is 0.243 e. The molecule has 1 aliphatic heterocycles. The van der Waals surface area contributed by atoms with Gasteiger partial charge in [-0.15, -0.1) is 0 Å². The lowest BCUT2D eigenvalue weighted by Crippen LogP contribution is -2.50. The summed E-state index contributed by atoms with van der Waals surface area (Å²) in [4.78, 5) is 0.364. The van der Waals surface area contributed by atoms with Crippen LogP contribution in [0.5, 0.6) is 0 Å². The van der Waals surface area contributed by atoms with Gasteiger partial charge in [0.2, 0.25) is 10.0 Å². The van der Waals surface area contributed by atoms with Crippen molar-refractivity contribution in [3.8, 4) is 0 Å². The third-order valence-corrected chi connectivity index (χ3v) is 5.90. The second-order valence-electron chi connectivity index (χ2n) is 4.98. The highest BCUT2D eigenvalue weighted by molar-refractivity contribution is 9.10. The zero-order valence-corrected chi connectivity index (χ0v) is 13.7. The molecule has 0 aromatic heterocycles. The minimum absolute atomic E-state index is 0.0709. The molecule has 2 atom stereocenters. The fourth-order valence-corrected chi connectivity index (χ4v) is 4.64.